The largest absolute Gasteiger partial charge is 0.495 e. The number of anilines is 3. The van der Waals surface area contributed by atoms with E-state index in [1.807, 2.05) is 55.4 Å². The number of methoxy groups -OCH3 is 1. The summed E-state index contributed by atoms with van der Waals surface area (Å²) >= 11 is 9.39. The first-order chi connectivity index (χ1) is 33.1. The number of halogens is 2. The molecule has 15 nitrogen and oxygen atoms in total. The lowest BCUT2D eigenvalue weighted by molar-refractivity contribution is -0.143. The molecule has 8 rings (SSSR count). The standard InChI is InChI=1S/C50H64ClFN10O5S2/c1-31-41(68-30-56-31)35-14-12-32(13-15-35)26-54-44(63)39-7-6-20-62(39)46(65)42(58-47(66)50(52)18-19-50)49(2,3)69-29-34-10-8-33(9-11-34)28-60-21-23-61(24-22-60)45(64)36-16-17-38(40(25-36)67-5)57-48-55-27-37(51)43(53-4)59-48/h12-17,25,27,30,33-34,39,42H,6-11,18-24,26,28-29H2,1-5H3,(H,54,63)(H,58,66)(H2,53,55,57,59)/t33-,34+,39?,42-/m1/s1. The quantitative estimate of drug-likeness (QED) is 0.0766. The molecule has 4 aliphatic rings. The lowest BCUT2D eigenvalue weighted by Crippen LogP contribution is -2.61. The number of carbonyl (C=O) groups excluding carboxylic acids is 4. The fourth-order valence-corrected chi connectivity index (χ4v) is 11.9. The van der Waals surface area contributed by atoms with E-state index in [4.69, 9.17) is 16.3 Å². The number of carbonyl (C=O) groups is 4. The van der Waals surface area contributed by atoms with Crippen LogP contribution >= 0.6 is 34.7 Å². The number of nitrogens with zero attached hydrogens (tertiary/aromatic N) is 6. The first kappa shape index (κ1) is 50.4. The smallest absolute Gasteiger partial charge is 0.258 e. The van der Waals surface area contributed by atoms with Gasteiger partial charge in [-0.15, -0.1) is 11.3 Å². The van der Waals surface area contributed by atoms with Crippen LogP contribution in [0.1, 0.15) is 86.8 Å². The van der Waals surface area contributed by atoms with E-state index in [1.54, 1.807) is 60.4 Å². The molecule has 19 heteroatoms. The summed E-state index contributed by atoms with van der Waals surface area (Å²) in [7, 11) is 3.29. The van der Waals surface area contributed by atoms with Crippen molar-refractivity contribution in [2.24, 2.45) is 11.8 Å². The van der Waals surface area contributed by atoms with Gasteiger partial charge in [-0.3, -0.25) is 24.1 Å². The Kier molecular flexibility index (Phi) is 16.0. The molecular formula is C50H64ClFN10O5S2. The Morgan fingerprint density at radius 3 is 2.38 bits per heavy atom. The SMILES string of the molecule is CNc1nc(Nc2ccc(C(=O)N3CCN(C[C@H]4CC[C@@H](CSC(C)(C)[C@H](NC(=O)C5(F)CC5)C(=O)N5CCCC5C(=O)NCc5ccc(-c6scnc6C)cc5)CC4)CC3)cc2OC)ncc1Cl. The average Bonchev–Trinajstić information content (AvgIpc) is 3.68. The highest BCUT2D eigenvalue weighted by atomic mass is 35.5. The van der Waals surface area contributed by atoms with Gasteiger partial charge in [0.2, 0.25) is 17.8 Å². The number of nitrogens with one attached hydrogen (secondary N) is 4. The van der Waals surface area contributed by atoms with Gasteiger partial charge in [-0.1, -0.05) is 35.9 Å². The van der Waals surface area contributed by atoms with Crippen molar-refractivity contribution in [2.45, 2.75) is 101 Å². The van der Waals surface area contributed by atoms with Crippen LogP contribution in [0.4, 0.5) is 21.8 Å². The van der Waals surface area contributed by atoms with Crippen LogP contribution in [-0.4, -0.2) is 135 Å². The van der Waals surface area contributed by atoms with Crippen molar-refractivity contribution in [3.05, 3.63) is 76.0 Å². The molecule has 2 aliphatic carbocycles. The number of amides is 4. The Balaban J connectivity index is 0.798. The van der Waals surface area contributed by atoms with Crippen molar-refractivity contribution < 1.29 is 28.3 Å². The van der Waals surface area contributed by atoms with Gasteiger partial charge >= 0.3 is 0 Å². The molecule has 4 fully saturated rings. The van der Waals surface area contributed by atoms with Gasteiger partial charge in [0.15, 0.2) is 5.67 Å². The molecule has 2 aliphatic heterocycles. The van der Waals surface area contributed by atoms with Gasteiger partial charge in [0.1, 0.15) is 28.7 Å². The summed E-state index contributed by atoms with van der Waals surface area (Å²) in [5.74, 6) is 1.78. The molecule has 4 amide bonds. The van der Waals surface area contributed by atoms with E-state index in [9.17, 15) is 19.2 Å². The van der Waals surface area contributed by atoms with Gasteiger partial charge in [-0.05, 0) is 119 Å². The number of benzene rings is 2. The molecule has 2 aromatic carbocycles. The van der Waals surface area contributed by atoms with E-state index in [-0.39, 0.29) is 30.6 Å². The summed E-state index contributed by atoms with van der Waals surface area (Å²) in [5.41, 5.74) is 4.05. The maximum absolute atomic E-state index is 15.2. The van der Waals surface area contributed by atoms with E-state index in [0.717, 1.165) is 72.8 Å². The first-order valence-corrected chi connectivity index (χ1v) is 26.3. The van der Waals surface area contributed by atoms with Crippen LogP contribution in [0.3, 0.4) is 0 Å². The summed E-state index contributed by atoms with van der Waals surface area (Å²) in [4.78, 5) is 75.1. The van der Waals surface area contributed by atoms with Crippen LogP contribution in [-0.2, 0) is 20.9 Å². The maximum atomic E-state index is 15.2. The summed E-state index contributed by atoms with van der Waals surface area (Å²) in [6, 6.07) is 11.7. The number of aryl methyl sites for hydroxylation is 1. The van der Waals surface area contributed by atoms with Gasteiger partial charge in [-0.2, -0.15) is 16.7 Å². The molecule has 370 valence electrons. The molecular weight excluding hydrogens is 939 g/mol. The van der Waals surface area contributed by atoms with E-state index in [1.165, 1.54) is 6.20 Å². The maximum Gasteiger partial charge on any atom is 0.258 e. The molecule has 2 atom stereocenters. The number of hydrogen-bond acceptors (Lipinski definition) is 13. The number of aromatic nitrogens is 3. The number of hydrogen-bond donors (Lipinski definition) is 4. The Morgan fingerprint density at radius 2 is 1.71 bits per heavy atom. The second-order valence-corrected chi connectivity index (χ2v) is 22.3. The fraction of sp³-hybridized carbons (Fsp3) is 0.540. The van der Waals surface area contributed by atoms with Crippen LogP contribution in [0.5, 0.6) is 5.75 Å². The van der Waals surface area contributed by atoms with Crippen LogP contribution in [0.25, 0.3) is 10.4 Å². The van der Waals surface area contributed by atoms with Crippen molar-refractivity contribution >= 4 is 75.8 Å². The molecule has 2 aromatic heterocycles. The number of ether oxygens (including phenoxy) is 1. The number of piperazine rings is 1. The molecule has 2 saturated heterocycles. The van der Waals surface area contributed by atoms with Crippen molar-refractivity contribution in [3.8, 4) is 16.2 Å². The molecule has 4 aromatic rings. The zero-order valence-corrected chi connectivity index (χ0v) is 42.5. The Hall–Kier alpha value is -5.04. The van der Waals surface area contributed by atoms with Crippen LogP contribution in [0.15, 0.2) is 54.2 Å². The molecule has 4 heterocycles. The van der Waals surface area contributed by atoms with Gasteiger partial charge in [0.05, 0.1) is 35.1 Å². The third-order valence-electron chi connectivity index (χ3n) is 14.1. The Bertz CT molecular complexity index is 2480. The van der Waals surface area contributed by atoms with Crippen molar-refractivity contribution in [1.82, 2.24) is 40.3 Å². The lowest BCUT2D eigenvalue weighted by Gasteiger charge is -2.40. The minimum Gasteiger partial charge on any atom is -0.495 e. The van der Waals surface area contributed by atoms with Gasteiger partial charge in [-0.25, -0.2) is 14.4 Å². The van der Waals surface area contributed by atoms with Crippen molar-refractivity contribution in [2.75, 3.05) is 69.8 Å². The van der Waals surface area contributed by atoms with Gasteiger partial charge in [0, 0.05) is 63.2 Å². The predicted molar refractivity (Wildman–Crippen MR) is 271 cm³/mol. The second-order valence-electron chi connectivity index (χ2n) is 19.3. The Labute approximate surface area is 417 Å². The zero-order valence-electron chi connectivity index (χ0n) is 40.1. The van der Waals surface area contributed by atoms with Crippen molar-refractivity contribution in [3.63, 3.8) is 0 Å². The minimum absolute atomic E-state index is 0.0390. The summed E-state index contributed by atoms with van der Waals surface area (Å²) in [6.07, 6.45) is 7.27. The highest BCUT2D eigenvalue weighted by Gasteiger charge is 2.54. The monoisotopic (exact) mass is 1000 g/mol. The highest BCUT2D eigenvalue weighted by Crippen LogP contribution is 2.42. The normalized spacial score (nSPS) is 20.8. The molecule has 0 radical (unpaired) electrons. The van der Waals surface area contributed by atoms with Crippen LogP contribution in [0.2, 0.25) is 5.02 Å². The van der Waals surface area contributed by atoms with E-state index in [2.05, 4.69) is 41.1 Å². The van der Waals surface area contributed by atoms with Crippen LogP contribution < -0.4 is 26.0 Å². The average molecular weight is 1000 g/mol. The second kappa shape index (κ2) is 21.9. The first-order valence-electron chi connectivity index (χ1n) is 24.0. The molecule has 2 saturated carbocycles. The topological polar surface area (TPSA) is 174 Å². The summed E-state index contributed by atoms with van der Waals surface area (Å²) < 4.78 is 20.0. The summed E-state index contributed by atoms with van der Waals surface area (Å²) in [5, 5.41) is 12.4. The third-order valence-corrected chi connectivity index (χ3v) is 17.0. The zero-order chi connectivity index (χ0) is 48.9. The minimum atomic E-state index is -1.94. The number of rotatable bonds is 18. The summed E-state index contributed by atoms with van der Waals surface area (Å²) in [6.45, 7) is 10.5. The highest BCUT2D eigenvalue weighted by molar-refractivity contribution is 8.00. The number of thiazole rings is 1. The molecule has 1 unspecified atom stereocenters. The fourth-order valence-electron chi connectivity index (χ4n) is 9.59. The Morgan fingerprint density at radius 1 is 0.986 bits per heavy atom. The molecule has 0 bridgehead atoms. The molecule has 0 spiro atoms. The molecule has 4 N–H and O–H groups in total. The van der Waals surface area contributed by atoms with E-state index >= 15 is 4.39 Å². The number of alkyl halides is 1. The number of thioether (sulfide) groups is 1. The van der Waals surface area contributed by atoms with Crippen molar-refractivity contribution in [1.29, 1.82) is 0 Å². The van der Waals surface area contributed by atoms with E-state index < -0.39 is 28.4 Å². The van der Waals surface area contributed by atoms with E-state index in [0.29, 0.717) is 84.6 Å². The van der Waals surface area contributed by atoms with Crippen LogP contribution in [0, 0.1) is 18.8 Å². The van der Waals surface area contributed by atoms with Gasteiger partial charge < -0.3 is 35.8 Å². The predicted octanol–water partition coefficient (Wildman–Crippen LogP) is 7.73. The van der Waals surface area contributed by atoms with Gasteiger partial charge in [0.25, 0.3) is 11.8 Å². The number of likely N-dealkylation sites (tertiary alicyclic amines) is 1. The molecule has 69 heavy (non-hydrogen) atoms. The third kappa shape index (κ3) is 12.1. The lowest BCUT2D eigenvalue weighted by atomic mass is 9.82.